The summed E-state index contributed by atoms with van der Waals surface area (Å²) >= 11 is 0. The second kappa shape index (κ2) is 9.36. The number of hydrogen-bond donors (Lipinski definition) is 0. The van der Waals surface area contributed by atoms with Crippen LogP contribution in [0.1, 0.15) is 36.1 Å². The van der Waals surface area contributed by atoms with E-state index in [4.69, 9.17) is 9.73 Å². The van der Waals surface area contributed by atoms with Crippen LogP contribution >= 0.6 is 0 Å². The molecule has 3 aromatic rings. The molecule has 0 atom stereocenters. The van der Waals surface area contributed by atoms with E-state index in [0.29, 0.717) is 0 Å². The normalized spacial score (nSPS) is 11.7. The number of nitrogens with zero attached hydrogens (tertiary/aromatic N) is 1. The van der Waals surface area contributed by atoms with Crippen molar-refractivity contribution >= 4 is 11.7 Å². The van der Waals surface area contributed by atoms with Gasteiger partial charge in [0.25, 0.3) is 0 Å². The van der Waals surface area contributed by atoms with Crippen LogP contribution in [0.15, 0.2) is 102 Å². The highest BCUT2D eigenvalue weighted by atomic mass is 16.5. The number of hydrogen-bond acceptors (Lipinski definition) is 3. The van der Waals surface area contributed by atoms with Gasteiger partial charge in [-0.3, -0.25) is 0 Å². The lowest BCUT2D eigenvalue weighted by atomic mass is 9.83. The molecule has 30 heavy (non-hydrogen) atoms. The number of allylic oxidation sites excluding steroid dienone is 1. The summed E-state index contributed by atoms with van der Waals surface area (Å²) < 4.78 is 5.07. The third-order valence-electron chi connectivity index (χ3n) is 5.01. The molecule has 3 nitrogen and oxygen atoms in total. The van der Waals surface area contributed by atoms with Crippen molar-refractivity contribution in [2.75, 3.05) is 7.11 Å². The highest BCUT2D eigenvalue weighted by Crippen LogP contribution is 2.27. The molecule has 0 saturated carbocycles. The van der Waals surface area contributed by atoms with E-state index in [-0.39, 0.29) is 5.70 Å². The Morgan fingerprint density at radius 3 is 1.80 bits per heavy atom. The Balaban J connectivity index is 2.15. The summed E-state index contributed by atoms with van der Waals surface area (Å²) in [7, 11) is 1.38. The Kier molecular flexibility index (Phi) is 6.63. The van der Waals surface area contributed by atoms with Crippen LogP contribution < -0.4 is 0 Å². The van der Waals surface area contributed by atoms with Crippen molar-refractivity contribution < 1.29 is 9.53 Å². The Morgan fingerprint density at radius 2 is 1.33 bits per heavy atom. The van der Waals surface area contributed by atoms with Crippen molar-refractivity contribution in [2.24, 2.45) is 4.99 Å². The molecular weight excluding hydrogens is 370 g/mol. The van der Waals surface area contributed by atoms with Gasteiger partial charge in [-0.05, 0) is 18.6 Å². The Hall–Kier alpha value is -3.46. The van der Waals surface area contributed by atoms with Gasteiger partial charge in [-0.15, -0.1) is 0 Å². The number of ether oxygens (including phenoxy) is 1. The molecule has 3 heteroatoms. The van der Waals surface area contributed by atoms with Crippen molar-refractivity contribution in [3.05, 3.63) is 119 Å². The number of carbonyl (C=O) groups is 1. The zero-order chi connectivity index (χ0) is 21.6. The maximum Gasteiger partial charge on any atom is 0.356 e. The van der Waals surface area contributed by atoms with Crippen LogP contribution in [0.5, 0.6) is 0 Å². The minimum absolute atomic E-state index is 0.283. The van der Waals surface area contributed by atoms with Gasteiger partial charge in [0.15, 0.2) is 0 Å². The van der Waals surface area contributed by atoms with Crippen molar-refractivity contribution in [3.63, 3.8) is 0 Å². The number of benzene rings is 3. The fourth-order valence-electron chi connectivity index (χ4n) is 3.26. The smallest absolute Gasteiger partial charge is 0.356 e. The number of rotatable bonds is 6. The van der Waals surface area contributed by atoms with Crippen LogP contribution in [0.3, 0.4) is 0 Å². The minimum atomic E-state index is -0.459. The second-order valence-corrected chi connectivity index (χ2v) is 7.80. The summed E-state index contributed by atoms with van der Waals surface area (Å²) in [5.74, 6) is -0.459. The lowest BCUT2D eigenvalue weighted by Gasteiger charge is -2.22. The van der Waals surface area contributed by atoms with Crippen molar-refractivity contribution in [1.82, 2.24) is 0 Å². The van der Waals surface area contributed by atoms with E-state index in [0.717, 1.165) is 22.4 Å². The summed E-state index contributed by atoms with van der Waals surface area (Å²) in [6, 6.07) is 28.1. The molecule has 3 rings (SSSR count). The molecule has 0 spiro atoms. The first-order chi connectivity index (χ1) is 14.4. The lowest BCUT2D eigenvalue weighted by Crippen LogP contribution is -2.18. The quantitative estimate of drug-likeness (QED) is 0.296. The van der Waals surface area contributed by atoms with Crippen LogP contribution in [-0.2, 0) is 14.9 Å². The standard InChI is InChI=1S/C27H27NO2/c1-20-15-17-23(18-16-20)27(2,3)19-24(26(29)30-4)28-25(21-11-7-5-8-12-21)22-13-9-6-10-14-22/h5-19H,1-4H3/b24-19-. The Labute approximate surface area is 178 Å². The largest absolute Gasteiger partial charge is 0.464 e. The second-order valence-electron chi connectivity index (χ2n) is 7.80. The van der Waals surface area contributed by atoms with Gasteiger partial charge < -0.3 is 4.74 Å². The van der Waals surface area contributed by atoms with Crippen molar-refractivity contribution in [1.29, 1.82) is 0 Å². The van der Waals surface area contributed by atoms with E-state index >= 15 is 0 Å². The van der Waals surface area contributed by atoms with Crippen LogP contribution in [0, 0.1) is 6.92 Å². The average Bonchev–Trinajstić information content (AvgIpc) is 2.77. The number of aliphatic imine (C=N–C) groups is 1. The fourth-order valence-corrected chi connectivity index (χ4v) is 3.26. The van der Waals surface area contributed by atoms with E-state index in [1.165, 1.54) is 12.7 Å². The first kappa shape index (κ1) is 21.3. The highest BCUT2D eigenvalue weighted by molar-refractivity contribution is 6.14. The summed E-state index contributed by atoms with van der Waals surface area (Å²) in [6.45, 7) is 6.20. The van der Waals surface area contributed by atoms with Gasteiger partial charge >= 0.3 is 5.97 Å². The average molecular weight is 398 g/mol. The summed E-state index contributed by atoms with van der Waals surface area (Å²) in [4.78, 5) is 17.5. The molecule has 152 valence electrons. The first-order valence-electron chi connectivity index (χ1n) is 9.98. The summed E-state index contributed by atoms with van der Waals surface area (Å²) in [5.41, 5.74) is 4.78. The van der Waals surface area contributed by atoms with Gasteiger partial charge in [0.1, 0.15) is 5.70 Å². The molecule has 0 fully saturated rings. The van der Waals surface area contributed by atoms with Crippen molar-refractivity contribution in [2.45, 2.75) is 26.2 Å². The Bertz CT molecular complexity index is 1010. The summed E-state index contributed by atoms with van der Waals surface area (Å²) in [5, 5.41) is 0. The van der Waals surface area contributed by atoms with Crippen LogP contribution in [-0.4, -0.2) is 18.8 Å². The molecule has 0 unspecified atom stereocenters. The first-order valence-corrected chi connectivity index (χ1v) is 9.98. The molecule has 0 aliphatic rings. The molecule has 3 aromatic carbocycles. The molecule has 0 aliphatic heterocycles. The maximum absolute atomic E-state index is 12.7. The maximum atomic E-state index is 12.7. The van der Waals surface area contributed by atoms with E-state index < -0.39 is 11.4 Å². The summed E-state index contributed by atoms with van der Waals surface area (Å²) in [6.07, 6.45) is 1.88. The Morgan fingerprint density at radius 1 is 0.833 bits per heavy atom. The predicted octanol–water partition coefficient (Wildman–Crippen LogP) is 5.87. The molecular formula is C27H27NO2. The molecule has 0 radical (unpaired) electrons. The van der Waals surface area contributed by atoms with Gasteiger partial charge in [0.2, 0.25) is 0 Å². The zero-order valence-corrected chi connectivity index (χ0v) is 17.9. The molecule has 0 amide bonds. The third-order valence-corrected chi connectivity index (χ3v) is 5.01. The molecule has 0 heterocycles. The number of esters is 1. The number of methoxy groups -OCH3 is 1. The predicted molar refractivity (Wildman–Crippen MR) is 123 cm³/mol. The van der Waals surface area contributed by atoms with Gasteiger partial charge in [0, 0.05) is 16.5 Å². The molecule has 0 aromatic heterocycles. The van der Waals surface area contributed by atoms with E-state index in [1.54, 1.807) is 0 Å². The van der Waals surface area contributed by atoms with Gasteiger partial charge in [-0.2, -0.15) is 0 Å². The molecule has 0 N–H and O–H groups in total. The van der Waals surface area contributed by atoms with Gasteiger partial charge in [-0.1, -0.05) is 104 Å². The molecule has 0 saturated heterocycles. The van der Waals surface area contributed by atoms with E-state index in [2.05, 4.69) is 45.0 Å². The van der Waals surface area contributed by atoms with Gasteiger partial charge in [0.05, 0.1) is 12.8 Å². The number of aryl methyl sites for hydroxylation is 1. The van der Waals surface area contributed by atoms with Gasteiger partial charge in [-0.25, -0.2) is 9.79 Å². The van der Waals surface area contributed by atoms with Crippen LogP contribution in [0.2, 0.25) is 0 Å². The number of carbonyl (C=O) groups excluding carboxylic acids is 1. The monoisotopic (exact) mass is 397 g/mol. The van der Waals surface area contributed by atoms with E-state index in [1.807, 2.05) is 66.7 Å². The molecule has 0 aliphatic carbocycles. The molecule has 0 bridgehead atoms. The SMILES string of the molecule is COC(=O)/C(=C/C(C)(C)c1ccc(C)cc1)N=C(c1ccccc1)c1ccccc1. The van der Waals surface area contributed by atoms with E-state index in [9.17, 15) is 4.79 Å². The minimum Gasteiger partial charge on any atom is -0.464 e. The topological polar surface area (TPSA) is 38.7 Å². The third kappa shape index (κ3) is 5.12. The highest BCUT2D eigenvalue weighted by Gasteiger charge is 2.22. The van der Waals surface area contributed by atoms with Crippen molar-refractivity contribution in [3.8, 4) is 0 Å². The van der Waals surface area contributed by atoms with Crippen LogP contribution in [0.4, 0.5) is 0 Å². The zero-order valence-electron chi connectivity index (χ0n) is 17.9. The van der Waals surface area contributed by atoms with Crippen LogP contribution in [0.25, 0.3) is 0 Å². The lowest BCUT2D eigenvalue weighted by molar-refractivity contribution is -0.136. The fraction of sp³-hybridized carbons (Fsp3) is 0.185.